The summed E-state index contributed by atoms with van der Waals surface area (Å²) in [6.07, 6.45) is 6.26. The highest BCUT2D eigenvalue weighted by Crippen LogP contribution is 2.26. The molecule has 0 aliphatic carbocycles. The number of hydrogen-bond acceptors (Lipinski definition) is 8. The predicted octanol–water partition coefficient (Wildman–Crippen LogP) is 3.11. The van der Waals surface area contributed by atoms with Gasteiger partial charge >= 0.3 is 5.97 Å². The van der Waals surface area contributed by atoms with Crippen molar-refractivity contribution in [2.75, 3.05) is 31.6 Å². The van der Waals surface area contributed by atoms with E-state index in [0.29, 0.717) is 31.1 Å². The summed E-state index contributed by atoms with van der Waals surface area (Å²) in [5.74, 6) is 1.92. The van der Waals surface area contributed by atoms with Crippen molar-refractivity contribution < 1.29 is 19.4 Å². The highest BCUT2D eigenvalue weighted by atomic mass is 16.5. The van der Waals surface area contributed by atoms with Gasteiger partial charge in [0.05, 0.1) is 29.9 Å². The largest absolute Gasteiger partial charge is 0.460 e. The number of ether oxygens (including phenoxy) is 1. The summed E-state index contributed by atoms with van der Waals surface area (Å²) in [4.78, 5) is 37.3. The van der Waals surface area contributed by atoms with E-state index in [0.717, 1.165) is 66.3 Å². The van der Waals surface area contributed by atoms with Crippen LogP contribution in [0.5, 0.6) is 0 Å². The number of likely N-dealkylation sites (tertiary alicyclic amines) is 1. The summed E-state index contributed by atoms with van der Waals surface area (Å²) < 4.78 is 16.5. The summed E-state index contributed by atoms with van der Waals surface area (Å²) >= 11 is 0. The van der Waals surface area contributed by atoms with E-state index in [1.54, 1.807) is 23.6 Å². The number of furan rings is 1. The lowest BCUT2D eigenvalue weighted by Crippen LogP contribution is -2.41. The van der Waals surface area contributed by atoms with Crippen molar-refractivity contribution in [2.24, 2.45) is 7.05 Å². The van der Waals surface area contributed by atoms with Gasteiger partial charge < -0.3 is 34.0 Å². The minimum absolute atomic E-state index is 0. The molecule has 0 amide bonds. The molecule has 228 valence electrons. The first-order valence-corrected chi connectivity index (χ1v) is 14.6. The molecule has 1 aliphatic heterocycles. The van der Waals surface area contributed by atoms with Gasteiger partial charge in [-0.2, -0.15) is 0 Å². The zero-order chi connectivity index (χ0) is 29.4. The minimum Gasteiger partial charge on any atom is -0.460 e. The molecule has 0 bridgehead atoms. The zero-order valence-electron chi connectivity index (χ0n) is 25.1. The zero-order valence-corrected chi connectivity index (χ0v) is 25.1. The third-order valence-electron chi connectivity index (χ3n) is 8.23. The van der Waals surface area contributed by atoms with Gasteiger partial charge in [-0.25, -0.2) is 14.8 Å². The van der Waals surface area contributed by atoms with Gasteiger partial charge in [-0.05, 0) is 58.2 Å². The molecule has 4 aromatic heterocycles. The number of anilines is 1. The fraction of sp³-hybridized carbons (Fsp3) is 0.419. The van der Waals surface area contributed by atoms with Gasteiger partial charge in [0.1, 0.15) is 5.76 Å². The molecular formula is C31H39N7O5. The summed E-state index contributed by atoms with van der Waals surface area (Å²) in [5.41, 5.74) is 4.45. The second-order valence-electron chi connectivity index (χ2n) is 11.0. The number of nitrogens with one attached hydrogen (secondary N) is 1. The number of nitrogens with zero attached hydrogens (tertiary/aromatic N) is 6. The van der Waals surface area contributed by atoms with Gasteiger partial charge in [-0.1, -0.05) is 12.1 Å². The lowest BCUT2D eigenvalue weighted by Gasteiger charge is -2.32. The SMILES string of the molecule is CCOC(=O)c1cc(Cn2c(NC3CCN(CCc4c(C)nc5n(C)ccn5c4=O)CC3)nc3ccccc32)c(C)o1.O. The Morgan fingerprint density at radius 2 is 1.91 bits per heavy atom. The maximum Gasteiger partial charge on any atom is 0.374 e. The third-order valence-corrected chi connectivity index (χ3v) is 8.23. The molecule has 6 rings (SSSR count). The monoisotopic (exact) mass is 589 g/mol. The molecule has 0 unspecified atom stereocenters. The van der Waals surface area contributed by atoms with E-state index in [1.807, 2.05) is 49.9 Å². The van der Waals surface area contributed by atoms with E-state index in [2.05, 4.69) is 25.8 Å². The standard InChI is InChI=1S/C31H37N7O4.H2O/c1-5-41-29(40)27-18-22(21(3)42-27)19-38-26-9-7-6-8-25(26)34-30(38)33-23-10-13-36(14-11-23)15-12-24-20(2)32-31-35(4)16-17-37(31)28(24)39;/h6-9,16-18,23H,5,10-15,19H2,1-4H3,(H,33,34);1H2. The first kappa shape index (κ1) is 30.1. The molecule has 3 N–H and O–H groups in total. The lowest BCUT2D eigenvalue weighted by molar-refractivity contribution is 0.0488. The van der Waals surface area contributed by atoms with Crippen LogP contribution in [0, 0.1) is 13.8 Å². The Bertz CT molecular complexity index is 1810. The Balaban J connectivity index is 0.00000368. The number of carbonyl (C=O) groups excluding carboxylic acids is 1. The average Bonchev–Trinajstić information content (AvgIpc) is 3.65. The smallest absolute Gasteiger partial charge is 0.374 e. The van der Waals surface area contributed by atoms with Crippen LogP contribution in [-0.2, 0) is 24.8 Å². The van der Waals surface area contributed by atoms with Crippen molar-refractivity contribution in [3.8, 4) is 0 Å². The topological polar surface area (TPSA) is 143 Å². The quantitative estimate of drug-likeness (QED) is 0.258. The van der Waals surface area contributed by atoms with E-state index in [4.69, 9.17) is 14.1 Å². The summed E-state index contributed by atoms with van der Waals surface area (Å²) in [7, 11) is 1.90. The Kier molecular flexibility index (Phi) is 8.69. The summed E-state index contributed by atoms with van der Waals surface area (Å²) in [5, 5.41) is 3.70. The molecule has 0 spiro atoms. The molecule has 0 saturated carbocycles. The van der Waals surface area contributed by atoms with Gasteiger partial charge in [0, 0.05) is 56.2 Å². The van der Waals surface area contributed by atoms with Crippen molar-refractivity contribution in [1.29, 1.82) is 0 Å². The molecule has 12 nitrogen and oxygen atoms in total. The van der Waals surface area contributed by atoms with E-state index < -0.39 is 5.97 Å². The van der Waals surface area contributed by atoms with Crippen LogP contribution < -0.4 is 10.9 Å². The van der Waals surface area contributed by atoms with Crippen LogP contribution in [0.1, 0.15) is 52.9 Å². The number of hydrogen-bond donors (Lipinski definition) is 1. The molecule has 0 atom stereocenters. The van der Waals surface area contributed by atoms with Crippen molar-refractivity contribution in [2.45, 2.75) is 52.6 Å². The fourth-order valence-electron chi connectivity index (χ4n) is 5.82. The molecule has 5 heterocycles. The van der Waals surface area contributed by atoms with Crippen molar-refractivity contribution in [3.05, 3.63) is 81.4 Å². The van der Waals surface area contributed by atoms with Gasteiger partial charge in [-0.3, -0.25) is 9.20 Å². The van der Waals surface area contributed by atoms with E-state index in [9.17, 15) is 9.59 Å². The van der Waals surface area contributed by atoms with Crippen molar-refractivity contribution in [1.82, 2.24) is 28.4 Å². The first-order chi connectivity index (χ1) is 20.3. The van der Waals surface area contributed by atoms with Crippen molar-refractivity contribution >= 4 is 28.7 Å². The number of para-hydroxylation sites is 2. The third kappa shape index (κ3) is 5.93. The number of esters is 1. The molecule has 1 aliphatic rings. The molecule has 0 radical (unpaired) electrons. The van der Waals surface area contributed by atoms with Gasteiger partial charge in [0.25, 0.3) is 5.56 Å². The number of carbonyl (C=O) groups is 1. The van der Waals surface area contributed by atoms with Crippen LogP contribution >= 0.6 is 0 Å². The highest BCUT2D eigenvalue weighted by molar-refractivity contribution is 5.86. The van der Waals surface area contributed by atoms with E-state index in [-0.39, 0.29) is 22.8 Å². The van der Waals surface area contributed by atoms with E-state index >= 15 is 0 Å². The summed E-state index contributed by atoms with van der Waals surface area (Å²) in [6, 6.07) is 10.1. The molecule has 12 heteroatoms. The lowest BCUT2D eigenvalue weighted by atomic mass is 10.0. The molecule has 5 aromatic rings. The van der Waals surface area contributed by atoms with Crippen LogP contribution in [-0.4, -0.2) is 72.1 Å². The normalized spacial score (nSPS) is 14.3. The van der Waals surface area contributed by atoms with Gasteiger partial charge in [-0.15, -0.1) is 0 Å². The van der Waals surface area contributed by atoms with Crippen LogP contribution in [0.4, 0.5) is 5.95 Å². The van der Waals surface area contributed by atoms with Crippen LogP contribution in [0.25, 0.3) is 16.8 Å². The first-order valence-electron chi connectivity index (χ1n) is 14.6. The van der Waals surface area contributed by atoms with Gasteiger partial charge in [0.15, 0.2) is 0 Å². The fourth-order valence-corrected chi connectivity index (χ4v) is 5.82. The Morgan fingerprint density at radius 1 is 1.14 bits per heavy atom. The van der Waals surface area contributed by atoms with Gasteiger partial charge in [0.2, 0.25) is 17.5 Å². The Hall–Kier alpha value is -4.42. The molecule has 1 aromatic carbocycles. The van der Waals surface area contributed by atoms with Crippen LogP contribution in [0.3, 0.4) is 0 Å². The minimum atomic E-state index is -0.454. The number of imidazole rings is 2. The number of aromatic nitrogens is 5. The Morgan fingerprint density at radius 3 is 2.67 bits per heavy atom. The molecule has 1 fully saturated rings. The second kappa shape index (κ2) is 12.4. The molecule has 1 saturated heterocycles. The average molecular weight is 590 g/mol. The number of benzene rings is 1. The second-order valence-corrected chi connectivity index (χ2v) is 11.0. The Labute approximate surface area is 249 Å². The van der Waals surface area contributed by atoms with Crippen LogP contribution in [0.2, 0.25) is 0 Å². The number of fused-ring (bicyclic) bond motifs is 2. The maximum atomic E-state index is 13.1. The number of aryl methyl sites for hydroxylation is 3. The predicted molar refractivity (Wildman–Crippen MR) is 164 cm³/mol. The summed E-state index contributed by atoms with van der Waals surface area (Å²) in [6.45, 7) is 9.08. The van der Waals surface area contributed by atoms with Crippen molar-refractivity contribution in [3.63, 3.8) is 0 Å². The molecule has 43 heavy (non-hydrogen) atoms. The maximum absolute atomic E-state index is 13.1. The number of rotatable bonds is 9. The molecular weight excluding hydrogens is 550 g/mol. The highest BCUT2D eigenvalue weighted by Gasteiger charge is 2.23. The van der Waals surface area contributed by atoms with Crippen LogP contribution in [0.15, 0.2) is 51.9 Å². The van der Waals surface area contributed by atoms with E-state index in [1.165, 1.54) is 0 Å². The number of piperidine rings is 1.